The smallest absolute Gasteiger partial charge is 0.252 e. The van der Waals surface area contributed by atoms with E-state index in [1.165, 1.54) is 6.42 Å². The fourth-order valence-corrected chi connectivity index (χ4v) is 2.65. The summed E-state index contributed by atoms with van der Waals surface area (Å²) in [6.07, 6.45) is 5.09. The minimum atomic E-state index is -0.406. The first-order valence-electron chi connectivity index (χ1n) is 6.76. The van der Waals surface area contributed by atoms with Crippen LogP contribution in [0.3, 0.4) is 0 Å². The van der Waals surface area contributed by atoms with Gasteiger partial charge in [-0.05, 0) is 45.5 Å². The number of pyridine rings is 1. The van der Waals surface area contributed by atoms with Crippen LogP contribution in [0.2, 0.25) is 0 Å². The molecule has 0 saturated carbocycles. The molecule has 1 unspecified atom stereocenters. The average Bonchev–Trinajstić information content (AvgIpc) is 2.64. The number of hydrogen-bond donors (Lipinski definition) is 1. The third-order valence-electron chi connectivity index (χ3n) is 3.78. The molecule has 19 heavy (non-hydrogen) atoms. The molecule has 2 heterocycles. The van der Waals surface area contributed by atoms with Gasteiger partial charge in [0, 0.05) is 25.3 Å². The van der Waals surface area contributed by atoms with Crippen LogP contribution in [0.25, 0.3) is 0 Å². The second-order valence-corrected chi connectivity index (χ2v) is 5.27. The third kappa shape index (κ3) is 3.23. The van der Waals surface area contributed by atoms with Crippen LogP contribution >= 0.6 is 0 Å². The van der Waals surface area contributed by atoms with Crippen molar-refractivity contribution in [1.82, 2.24) is 9.88 Å². The van der Waals surface area contributed by atoms with Crippen molar-refractivity contribution >= 4 is 11.7 Å². The summed E-state index contributed by atoms with van der Waals surface area (Å²) >= 11 is 0. The van der Waals surface area contributed by atoms with Gasteiger partial charge in [0.25, 0.3) is 5.91 Å². The van der Waals surface area contributed by atoms with Crippen molar-refractivity contribution in [3.63, 3.8) is 0 Å². The summed E-state index contributed by atoms with van der Waals surface area (Å²) in [7, 11) is 4.24. The Balaban J connectivity index is 2.16. The van der Waals surface area contributed by atoms with Gasteiger partial charge < -0.3 is 15.5 Å². The highest BCUT2D eigenvalue weighted by Gasteiger charge is 2.21. The highest BCUT2D eigenvalue weighted by Crippen LogP contribution is 2.22. The maximum Gasteiger partial charge on any atom is 0.252 e. The standard InChI is InChI=1S/C14H22N4O/c1-17(2)11-5-4-9-18(10-7-11)14-12(13(15)19)6-3-8-16-14/h3,6,8,11H,4-5,7,9-10H2,1-2H3,(H2,15,19). The van der Waals surface area contributed by atoms with Gasteiger partial charge in [-0.2, -0.15) is 0 Å². The topological polar surface area (TPSA) is 62.5 Å². The fraction of sp³-hybridized carbons (Fsp3) is 0.571. The fourth-order valence-electron chi connectivity index (χ4n) is 2.65. The highest BCUT2D eigenvalue weighted by atomic mass is 16.1. The zero-order valence-corrected chi connectivity index (χ0v) is 11.7. The van der Waals surface area contributed by atoms with Crippen LogP contribution in [0.4, 0.5) is 5.82 Å². The van der Waals surface area contributed by atoms with Crippen molar-refractivity contribution in [3.05, 3.63) is 23.9 Å². The molecule has 5 heteroatoms. The Kier molecular flexibility index (Phi) is 4.37. The summed E-state index contributed by atoms with van der Waals surface area (Å²) in [5.41, 5.74) is 5.94. The molecule has 0 aromatic carbocycles. The van der Waals surface area contributed by atoms with Gasteiger partial charge in [-0.3, -0.25) is 4.79 Å². The first kappa shape index (κ1) is 13.8. The molecular weight excluding hydrogens is 240 g/mol. The number of amides is 1. The molecular formula is C14H22N4O. The van der Waals surface area contributed by atoms with E-state index in [2.05, 4.69) is 28.9 Å². The van der Waals surface area contributed by atoms with Gasteiger partial charge >= 0.3 is 0 Å². The Bertz CT molecular complexity index is 447. The number of carbonyl (C=O) groups is 1. The van der Waals surface area contributed by atoms with Crippen LogP contribution in [0, 0.1) is 0 Å². The lowest BCUT2D eigenvalue weighted by Crippen LogP contribution is -2.31. The molecule has 1 atom stereocenters. The molecule has 0 bridgehead atoms. The maximum absolute atomic E-state index is 11.5. The summed E-state index contributed by atoms with van der Waals surface area (Å²) in [5.74, 6) is 0.325. The molecule has 1 aliphatic heterocycles. The minimum absolute atomic E-state index is 0.406. The van der Waals surface area contributed by atoms with Crippen molar-refractivity contribution in [2.45, 2.75) is 25.3 Å². The van der Waals surface area contributed by atoms with E-state index in [0.29, 0.717) is 11.6 Å². The van der Waals surface area contributed by atoms with Crippen molar-refractivity contribution in [3.8, 4) is 0 Å². The van der Waals surface area contributed by atoms with Crippen LogP contribution in [0.15, 0.2) is 18.3 Å². The van der Waals surface area contributed by atoms with Gasteiger partial charge in [0.05, 0.1) is 5.56 Å². The molecule has 5 nitrogen and oxygen atoms in total. The number of nitrogens with two attached hydrogens (primary N) is 1. The number of aromatic nitrogens is 1. The first-order valence-corrected chi connectivity index (χ1v) is 6.76. The molecule has 2 N–H and O–H groups in total. The number of nitrogens with zero attached hydrogens (tertiary/aromatic N) is 3. The van der Waals surface area contributed by atoms with Gasteiger partial charge in [0.15, 0.2) is 0 Å². The molecule has 1 aliphatic rings. The first-order chi connectivity index (χ1) is 9.09. The van der Waals surface area contributed by atoms with E-state index < -0.39 is 5.91 Å². The zero-order chi connectivity index (χ0) is 13.8. The van der Waals surface area contributed by atoms with E-state index >= 15 is 0 Å². The largest absolute Gasteiger partial charge is 0.365 e. The number of anilines is 1. The predicted octanol–water partition coefficient (Wildman–Crippen LogP) is 1.10. The Labute approximate surface area is 114 Å². The Morgan fingerprint density at radius 2 is 2.21 bits per heavy atom. The lowest BCUT2D eigenvalue weighted by molar-refractivity contribution is 0.100. The summed E-state index contributed by atoms with van der Waals surface area (Å²) in [4.78, 5) is 20.3. The van der Waals surface area contributed by atoms with Gasteiger partial charge in [-0.25, -0.2) is 4.98 Å². The normalized spacial score (nSPS) is 20.4. The maximum atomic E-state index is 11.5. The molecule has 0 aliphatic carbocycles. The third-order valence-corrected chi connectivity index (χ3v) is 3.78. The van der Waals surface area contributed by atoms with Gasteiger partial charge in [-0.1, -0.05) is 0 Å². The lowest BCUT2D eigenvalue weighted by Gasteiger charge is -2.24. The van der Waals surface area contributed by atoms with Gasteiger partial charge in [0.2, 0.25) is 0 Å². The molecule has 0 spiro atoms. The second-order valence-electron chi connectivity index (χ2n) is 5.27. The Morgan fingerprint density at radius 1 is 1.42 bits per heavy atom. The van der Waals surface area contributed by atoms with Crippen LogP contribution in [0.1, 0.15) is 29.6 Å². The quantitative estimate of drug-likeness (QED) is 0.886. The van der Waals surface area contributed by atoms with Crippen molar-refractivity contribution in [1.29, 1.82) is 0 Å². The van der Waals surface area contributed by atoms with Crippen LogP contribution in [-0.2, 0) is 0 Å². The number of carbonyl (C=O) groups excluding carboxylic acids is 1. The average molecular weight is 262 g/mol. The van der Waals surface area contributed by atoms with E-state index in [-0.39, 0.29) is 0 Å². The summed E-state index contributed by atoms with van der Waals surface area (Å²) in [5, 5.41) is 0. The van der Waals surface area contributed by atoms with E-state index in [0.717, 1.165) is 31.7 Å². The highest BCUT2D eigenvalue weighted by molar-refractivity contribution is 5.97. The number of hydrogen-bond acceptors (Lipinski definition) is 4. The van der Waals surface area contributed by atoms with Gasteiger partial charge in [0.1, 0.15) is 5.82 Å². The second kappa shape index (κ2) is 6.02. The molecule has 104 valence electrons. The van der Waals surface area contributed by atoms with Crippen molar-refractivity contribution < 1.29 is 4.79 Å². The molecule has 2 rings (SSSR count). The summed E-state index contributed by atoms with van der Waals surface area (Å²) in [6.45, 7) is 1.85. The summed E-state index contributed by atoms with van der Waals surface area (Å²) < 4.78 is 0. The minimum Gasteiger partial charge on any atom is -0.365 e. The predicted molar refractivity (Wildman–Crippen MR) is 76.3 cm³/mol. The molecule has 0 radical (unpaired) electrons. The molecule has 1 aromatic heterocycles. The number of primary amides is 1. The van der Waals surface area contributed by atoms with E-state index in [4.69, 9.17) is 5.73 Å². The van der Waals surface area contributed by atoms with Gasteiger partial charge in [-0.15, -0.1) is 0 Å². The number of rotatable bonds is 3. The Morgan fingerprint density at radius 3 is 2.89 bits per heavy atom. The van der Waals surface area contributed by atoms with Crippen LogP contribution in [-0.4, -0.2) is 49.0 Å². The lowest BCUT2D eigenvalue weighted by atomic mass is 10.1. The van der Waals surface area contributed by atoms with Crippen molar-refractivity contribution in [2.24, 2.45) is 5.73 Å². The molecule has 1 amide bonds. The van der Waals surface area contributed by atoms with Crippen LogP contribution < -0.4 is 10.6 Å². The van der Waals surface area contributed by atoms with Crippen molar-refractivity contribution in [2.75, 3.05) is 32.1 Å². The zero-order valence-electron chi connectivity index (χ0n) is 11.7. The van der Waals surface area contributed by atoms with E-state index in [9.17, 15) is 4.79 Å². The van der Waals surface area contributed by atoms with Crippen LogP contribution in [0.5, 0.6) is 0 Å². The molecule has 1 aromatic rings. The summed E-state index contributed by atoms with van der Waals surface area (Å²) in [6, 6.07) is 4.11. The van der Waals surface area contributed by atoms with E-state index in [1.807, 2.05) is 0 Å². The Hall–Kier alpha value is -1.62. The van der Waals surface area contributed by atoms with E-state index in [1.54, 1.807) is 18.3 Å². The monoisotopic (exact) mass is 262 g/mol. The molecule has 1 saturated heterocycles. The SMILES string of the molecule is CN(C)C1CCCN(c2ncccc2C(N)=O)CC1. The molecule has 1 fully saturated rings.